The minimum absolute atomic E-state index is 0.110. The highest BCUT2D eigenvalue weighted by Gasteiger charge is 2.19. The summed E-state index contributed by atoms with van der Waals surface area (Å²) in [4.78, 5) is 6.59. The summed E-state index contributed by atoms with van der Waals surface area (Å²) in [5.74, 6) is 1.30. The molecule has 2 N–H and O–H groups in total. The minimum Gasteiger partial charge on any atom is -0.338 e. The van der Waals surface area contributed by atoms with Crippen molar-refractivity contribution >= 4 is 5.95 Å². The van der Waals surface area contributed by atoms with Gasteiger partial charge in [-0.1, -0.05) is 19.8 Å². The van der Waals surface area contributed by atoms with Crippen molar-refractivity contribution in [2.75, 3.05) is 18.0 Å². The van der Waals surface area contributed by atoms with E-state index in [1.807, 2.05) is 0 Å². The summed E-state index contributed by atoms with van der Waals surface area (Å²) in [7, 11) is 0. The highest BCUT2D eigenvalue weighted by molar-refractivity contribution is 5.28. The SMILES string of the molecule is CCCCC(N)c1nc(N2CCCCC2)no1. The smallest absolute Gasteiger partial charge is 0.266 e. The topological polar surface area (TPSA) is 68.2 Å². The average molecular weight is 238 g/mol. The van der Waals surface area contributed by atoms with Gasteiger partial charge in [-0.05, 0) is 30.8 Å². The maximum Gasteiger partial charge on any atom is 0.266 e. The maximum atomic E-state index is 6.01. The Hall–Kier alpha value is -1.10. The van der Waals surface area contributed by atoms with Crippen LogP contribution in [0.5, 0.6) is 0 Å². The molecule has 96 valence electrons. The molecule has 5 heteroatoms. The minimum atomic E-state index is -0.110. The van der Waals surface area contributed by atoms with Crippen molar-refractivity contribution in [1.29, 1.82) is 0 Å². The van der Waals surface area contributed by atoms with Crippen LogP contribution in [0.4, 0.5) is 5.95 Å². The molecular formula is C12H22N4O. The number of hydrogen-bond acceptors (Lipinski definition) is 5. The molecule has 1 atom stereocenters. The Balaban J connectivity index is 1.94. The molecule has 1 fully saturated rings. The molecule has 1 aromatic heterocycles. The van der Waals surface area contributed by atoms with Crippen molar-refractivity contribution in [2.24, 2.45) is 5.73 Å². The highest BCUT2D eigenvalue weighted by atomic mass is 16.5. The van der Waals surface area contributed by atoms with Gasteiger partial charge in [-0.15, -0.1) is 0 Å². The molecule has 1 unspecified atom stereocenters. The molecule has 0 bridgehead atoms. The van der Waals surface area contributed by atoms with Crippen LogP contribution in [-0.4, -0.2) is 23.2 Å². The molecule has 1 aromatic rings. The summed E-state index contributed by atoms with van der Waals surface area (Å²) in [6, 6.07) is -0.110. The molecule has 0 aliphatic carbocycles. The number of rotatable bonds is 5. The number of aromatic nitrogens is 2. The number of hydrogen-bond donors (Lipinski definition) is 1. The monoisotopic (exact) mass is 238 g/mol. The van der Waals surface area contributed by atoms with Gasteiger partial charge < -0.3 is 15.2 Å². The zero-order valence-electron chi connectivity index (χ0n) is 10.6. The Labute approximate surface area is 102 Å². The van der Waals surface area contributed by atoms with Crippen LogP contribution < -0.4 is 10.6 Å². The van der Waals surface area contributed by atoms with Gasteiger partial charge in [-0.2, -0.15) is 4.98 Å². The fraction of sp³-hybridized carbons (Fsp3) is 0.833. The summed E-state index contributed by atoms with van der Waals surface area (Å²) >= 11 is 0. The molecule has 1 aliphatic rings. The van der Waals surface area contributed by atoms with Gasteiger partial charge in [-0.25, -0.2) is 0 Å². The van der Waals surface area contributed by atoms with Gasteiger partial charge >= 0.3 is 0 Å². The maximum absolute atomic E-state index is 6.01. The zero-order valence-corrected chi connectivity index (χ0v) is 10.6. The van der Waals surface area contributed by atoms with Crippen LogP contribution in [0.1, 0.15) is 57.4 Å². The number of nitrogens with two attached hydrogens (primary N) is 1. The number of nitrogens with zero attached hydrogens (tertiary/aromatic N) is 3. The van der Waals surface area contributed by atoms with E-state index in [1.165, 1.54) is 19.3 Å². The van der Waals surface area contributed by atoms with Crippen molar-refractivity contribution in [3.63, 3.8) is 0 Å². The Kier molecular flexibility index (Phi) is 4.36. The first kappa shape index (κ1) is 12.4. The van der Waals surface area contributed by atoms with E-state index in [4.69, 9.17) is 10.3 Å². The first-order valence-corrected chi connectivity index (χ1v) is 6.65. The van der Waals surface area contributed by atoms with Crippen LogP contribution in [0, 0.1) is 0 Å². The van der Waals surface area contributed by atoms with E-state index in [2.05, 4.69) is 22.0 Å². The van der Waals surface area contributed by atoms with E-state index < -0.39 is 0 Å². The molecule has 0 aromatic carbocycles. The molecule has 1 aliphatic heterocycles. The van der Waals surface area contributed by atoms with Gasteiger partial charge in [0.25, 0.3) is 5.95 Å². The third kappa shape index (κ3) is 3.19. The molecule has 0 spiro atoms. The Bertz CT molecular complexity index is 333. The Morgan fingerprint density at radius 1 is 1.35 bits per heavy atom. The van der Waals surface area contributed by atoms with Crippen molar-refractivity contribution in [2.45, 2.75) is 51.5 Å². The van der Waals surface area contributed by atoms with E-state index in [-0.39, 0.29) is 6.04 Å². The average Bonchev–Trinajstić information content (AvgIpc) is 2.86. The van der Waals surface area contributed by atoms with E-state index >= 15 is 0 Å². The van der Waals surface area contributed by atoms with Crippen LogP contribution >= 0.6 is 0 Å². The summed E-state index contributed by atoms with van der Waals surface area (Å²) in [5, 5.41) is 4.03. The van der Waals surface area contributed by atoms with Gasteiger partial charge in [0.05, 0.1) is 6.04 Å². The normalized spacial score (nSPS) is 18.4. The molecule has 0 amide bonds. The standard InChI is InChI=1S/C12H22N4O/c1-2-3-7-10(13)11-14-12(15-17-11)16-8-5-4-6-9-16/h10H,2-9,13H2,1H3. The van der Waals surface area contributed by atoms with Gasteiger partial charge in [0.15, 0.2) is 0 Å². The lowest BCUT2D eigenvalue weighted by Crippen LogP contribution is -2.30. The zero-order chi connectivity index (χ0) is 12.1. The van der Waals surface area contributed by atoms with Crippen molar-refractivity contribution in [3.8, 4) is 0 Å². The molecule has 5 nitrogen and oxygen atoms in total. The summed E-state index contributed by atoms with van der Waals surface area (Å²) in [6.45, 7) is 4.21. The fourth-order valence-electron chi connectivity index (χ4n) is 2.15. The number of unbranched alkanes of at least 4 members (excludes halogenated alkanes) is 1. The predicted molar refractivity (Wildman–Crippen MR) is 66.8 cm³/mol. The van der Waals surface area contributed by atoms with Crippen molar-refractivity contribution in [3.05, 3.63) is 5.89 Å². The largest absolute Gasteiger partial charge is 0.338 e. The molecule has 0 saturated carbocycles. The quantitative estimate of drug-likeness (QED) is 0.852. The summed E-state index contributed by atoms with van der Waals surface area (Å²) < 4.78 is 5.25. The molecule has 2 heterocycles. The second-order valence-electron chi connectivity index (χ2n) is 4.73. The van der Waals surface area contributed by atoms with Gasteiger partial charge in [0, 0.05) is 13.1 Å². The fourth-order valence-corrected chi connectivity index (χ4v) is 2.15. The number of piperidine rings is 1. The molecule has 2 rings (SSSR count). The lowest BCUT2D eigenvalue weighted by Gasteiger charge is -2.24. The first-order chi connectivity index (χ1) is 8.31. The van der Waals surface area contributed by atoms with Crippen LogP contribution in [-0.2, 0) is 0 Å². The third-order valence-electron chi connectivity index (χ3n) is 3.26. The molecule has 1 saturated heterocycles. The van der Waals surface area contributed by atoms with Gasteiger partial charge in [0.2, 0.25) is 5.89 Å². The Morgan fingerprint density at radius 2 is 2.12 bits per heavy atom. The summed E-state index contributed by atoms with van der Waals surface area (Å²) in [6.07, 6.45) is 6.89. The van der Waals surface area contributed by atoms with E-state index in [0.717, 1.165) is 32.4 Å². The lowest BCUT2D eigenvalue weighted by molar-refractivity contribution is 0.345. The van der Waals surface area contributed by atoms with E-state index in [9.17, 15) is 0 Å². The molecule has 17 heavy (non-hydrogen) atoms. The first-order valence-electron chi connectivity index (χ1n) is 6.65. The van der Waals surface area contributed by atoms with Crippen molar-refractivity contribution in [1.82, 2.24) is 10.1 Å². The van der Waals surface area contributed by atoms with Crippen LogP contribution in [0.3, 0.4) is 0 Å². The number of anilines is 1. The molecular weight excluding hydrogens is 216 g/mol. The van der Waals surface area contributed by atoms with Crippen molar-refractivity contribution < 1.29 is 4.52 Å². The summed E-state index contributed by atoms with van der Waals surface area (Å²) in [5.41, 5.74) is 6.01. The van der Waals surface area contributed by atoms with Gasteiger partial charge in [-0.3, -0.25) is 0 Å². The van der Waals surface area contributed by atoms with Crippen LogP contribution in [0.25, 0.3) is 0 Å². The third-order valence-corrected chi connectivity index (χ3v) is 3.26. The van der Waals surface area contributed by atoms with Crippen LogP contribution in [0.15, 0.2) is 4.52 Å². The highest BCUT2D eigenvalue weighted by Crippen LogP contribution is 2.20. The van der Waals surface area contributed by atoms with Gasteiger partial charge in [0.1, 0.15) is 0 Å². The lowest BCUT2D eigenvalue weighted by atomic mass is 10.1. The Morgan fingerprint density at radius 3 is 2.82 bits per heavy atom. The molecule has 0 radical (unpaired) electrons. The second-order valence-corrected chi connectivity index (χ2v) is 4.73. The van der Waals surface area contributed by atoms with E-state index in [0.29, 0.717) is 11.8 Å². The van der Waals surface area contributed by atoms with Crippen LogP contribution in [0.2, 0.25) is 0 Å². The second kappa shape index (κ2) is 6.00. The predicted octanol–water partition coefficient (Wildman–Crippen LogP) is 2.25. The van der Waals surface area contributed by atoms with E-state index in [1.54, 1.807) is 0 Å².